The number of carbonyl (C=O) groups is 1. The molecule has 2 N–H and O–H groups in total. The molecular weight excluding hydrogens is 251 g/mol. The second kappa shape index (κ2) is 5.72. The van der Waals surface area contributed by atoms with Crippen LogP contribution in [0.3, 0.4) is 0 Å². The summed E-state index contributed by atoms with van der Waals surface area (Å²) in [5.74, 6) is -0.164. The Bertz CT molecular complexity index is 403. The summed E-state index contributed by atoms with van der Waals surface area (Å²) >= 11 is 0. The highest BCUT2D eigenvalue weighted by atomic mass is 19.4. The lowest BCUT2D eigenvalue weighted by molar-refractivity contribution is -0.201. The van der Waals surface area contributed by atoms with E-state index >= 15 is 0 Å². The summed E-state index contributed by atoms with van der Waals surface area (Å²) in [6, 6.07) is 5.84. The second-order valence-corrected chi connectivity index (χ2v) is 3.50. The number of halogens is 3. The van der Waals surface area contributed by atoms with E-state index in [0.29, 0.717) is 5.75 Å². The van der Waals surface area contributed by atoms with Gasteiger partial charge in [0.05, 0.1) is 13.7 Å². The van der Waals surface area contributed by atoms with Crippen molar-refractivity contribution in [3.8, 4) is 5.75 Å². The molecule has 0 bridgehead atoms. The minimum atomic E-state index is -4.74. The number of amides is 1. The van der Waals surface area contributed by atoms with E-state index in [1.807, 2.05) is 5.32 Å². The van der Waals surface area contributed by atoms with Crippen molar-refractivity contribution in [1.29, 1.82) is 0 Å². The fraction of sp³-hybridized carbons (Fsp3) is 0.364. The van der Waals surface area contributed by atoms with E-state index in [2.05, 4.69) is 0 Å². The third kappa shape index (κ3) is 3.92. The summed E-state index contributed by atoms with van der Waals surface area (Å²) in [6.45, 7) is -0.881. The molecule has 1 amide bonds. The number of carbonyl (C=O) groups excluding carboxylic acids is 1. The van der Waals surface area contributed by atoms with E-state index in [9.17, 15) is 18.0 Å². The van der Waals surface area contributed by atoms with Gasteiger partial charge in [-0.1, -0.05) is 0 Å². The van der Waals surface area contributed by atoms with Crippen LogP contribution in [0.2, 0.25) is 0 Å². The quantitative estimate of drug-likeness (QED) is 0.862. The SMILES string of the molecule is COc1ccc(C(=O)NCC(O)C(F)(F)F)cc1. The van der Waals surface area contributed by atoms with Gasteiger partial charge in [-0.15, -0.1) is 0 Å². The maximum absolute atomic E-state index is 12.0. The minimum Gasteiger partial charge on any atom is -0.497 e. The third-order valence-corrected chi connectivity index (χ3v) is 2.19. The molecule has 0 heterocycles. The average Bonchev–Trinajstić information content (AvgIpc) is 2.34. The molecule has 1 aromatic rings. The molecule has 7 heteroatoms. The van der Waals surface area contributed by atoms with E-state index in [4.69, 9.17) is 9.84 Å². The Balaban J connectivity index is 2.55. The van der Waals surface area contributed by atoms with Crippen LogP contribution in [0.5, 0.6) is 5.75 Å². The topological polar surface area (TPSA) is 58.6 Å². The first-order chi connectivity index (χ1) is 8.34. The molecule has 0 aliphatic rings. The van der Waals surface area contributed by atoms with Crippen LogP contribution in [0.4, 0.5) is 13.2 Å². The summed E-state index contributed by atoms with van der Waals surface area (Å²) in [5.41, 5.74) is 0.185. The Kier molecular flexibility index (Phi) is 4.55. The zero-order valence-corrected chi connectivity index (χ0v) is 9.49. The van der Waals surface area contributed by atoms with E-state index in [-0.39, 0.29) is 5.56 Å². The van der Waals surface area contributed by atoms with E-state index < -0.39 is 24.7 Å². The van der Waals surface area contributed by atoms with Crippen LogP contribution in [0, 0.1) is 0 Å². The van der Waals surface area contributed by atoms with Gasteiger partial charge in [-0.2, -0.15) is 13.2 Å². The molecule has 18 heavy (non-hydrogen) atoms. The molecule has 0 radical (unpaired) electrons. The van der Waals surface area contributed by atoms with Crippen LogP contribution in [-0.4, -0.2) is 36.9 Å². The zero-order valence-electron chi connectivity index (χ0n) is 9.49. The lowest BCUT2D eigenvalue weighted by Crippen LogP contribution is -2.40. The Labute approximate surface area is 101 Å². The molecule has 0 saturated heterocycles. The van der Waals surface area contributed by atoms with Crippen molar-refractivity contribution in [2.24, 2.45) is 0 Å². The number of rotatable bonds is 4. The largest absolute Gasteiger partial charge is 0.497 e. The monoisotopic (exact) mass is 263 g/mol. The highest BCUT2D eigenvalue weighted by Crippen LogP contribution is 2.19. The first kappa shape index (κ1) is 14.3. The van der Waals surface area contributed by atoms with Crippen molar-refractivity contribution in [1.82, 2.24) is 5.32 Å². The van der Waals surface area contributed by atoms with Gasteiger partial charge in [-0.3, -0.25) is 4.79 Å². The summed E-state index contributed by atoms with van der Waals surface area (Å²) < 4.78 is 40.8. The third-order valence-electron chi connectivity index (χ3n) is 2.19. The summed E-state index contributed by atoms with van der Waals surface area (Å²) in [7, 11) is 1.45. The molecule has 1 unspecified atom stereocenters. The fourth-order valence-electron chi connectivity index (χ4n) is 1.15. The molecule has 0 aromatic heterocycles. The van der Waals surface area contributed by atoms with E-state index in [1.54, 1.807) is 0 Å². The van der Waals surface area contributed by atoms with Gasteiger partial charge in [-0.05, 0) is 24.3 Å². The van der Waals surface area contributed by atoms with Crippen molar-refractivity contribution in [3.63, 3.8) is 0 Å². The van der Waals surface area contributed by atoms with Crippen LogP contribution in [0.25, 0.3) is 0 Å². The van der Waals surface area contributed by atoms with Gasteiger partial charge < -0.3 is 15.2 Å². The van der Waals surface area contributed by atoms with Crippen LogP contribution in [0.1, 0.15) is 10.4 Å². The number of hydrogen-bond acceptors (Lipinski definition) is 3. The molecule has 1 rings (SSSR count). The number of alkyl halides is 3. The molecule has 0 fully saturated rings. The minimum absolute atomic E-state index is 0.185. The highest BCUT2D eigenvalue weighted by molar-refractivity contribution is 5.94. The number of hydrogen-bond donors (Lipinski definition) is 2. The van der Waals surface area contributed by atoms with Crippen LogP contribution in [0.15, 0.2) is 24.3 Å². The molecule has 4 nitrogen and oxygen atoms in total. The van der Waals surface area contributed by atoms with Crippen LogP contribution < -0.4 is 10.1 Å². The number of benzene rings is 1. The van der Waals surface area contributed by atoms with Gasteiger partial charge in [0.2, 0.25) is 0 Å². The number of methoxy groups -OCH3 is 1. The molecular formula is C11H12F3NO3. The van der Waals surface area contributed by atoms with Gasteiger partial charge in [0.1, 0.15) is 5.75 Å². The highest BCUT2D eigenvalue weighted by Gasteiger charge is 2.38. The number of aliphatic hydroxyl groups excluding tert-OH is 1. The number of aliphatic hydroxyl groups is 1. The summed E-state index contributed by atoms with van der Waals surface area (Å²) in [4.78, 5) is 11.4. The van der Waals surface area contributed by atoms with Crippen molar-refractivity contribution in [2.45, 2.75) is 12.3 Å². The van der Waals surface area contributed by atoms with Crippen molar-refractivity contribution < 1.29 is 27.8 Å². The maximum Gasteiger partial charge on any atom is 0.416 e. The van der Waals surface area contributed by atoms with Crippen molar-refractivity contribution in [3.05, 3.63) is 29.8 Å². The summed E-state index contributed by atoms with van der Waals surface area (Å²) in [5, 5.41) is 10.7. The Morgan fingerprint density at radius 1 is 1.39 bits per heavy atom. The van der Waals surface area contributed by atoms with E-state index in [0.717, 1.165) is 0 Å². The van der Waals surface area contributed by atoms with Crippen LogP contribution >= 0.6 is 0 Å². The lowest BCUT2D eigenvalue weighted by atomic mass is 10.2. The van der Waals surface area contributed by atoms with Crippen molar-refractivity contribution in [2.75, 3.05) is 13.7 Å². The van der Waals surface area contributed by atoms with Crippen LogP contribution in [-0.2, 0) is 0 Å². The van der Waals surface area contributed by atoms with E-state index in [1.165, 1.54) is 31.4 Å². The standard InChI is InChI=1S/C11H12F3NO3/c1-18-8-4-2-7(3-5-8)10(17)15-6-9(16)11(12,13)14/h2-5,9,16H,6H2,1H3,(H,15,17). The predicted octanol–water partition coefficient (Wildman–Crippen LogP) is 1.35. The molecule has 0 spiro atoms. The lowest BCUT2D eigenvalue weighted by Gasteiger charge is -2.15. The normalized spacial score (nSPS) is 12.9. The molecule has 0 aliphatic carbocycles. The molecule has 0 saturated carbocycles. The Morgan fingerprint density at radius 2 is 1.94 bits per heavy atom. The Morgan fingerprint density at radius 3 is 2.39 bits per heavy atom. The molecule has 1 aromatic carbocycles. The van der Waals surface area contributed by atoms with Gasteiger partial charge in [0, 0.05) is 5.56 Å². The maximum atomic E-state index is 12.0. The van der Waals surface area contributed by atoms with Gasteiger partial charge in [-0.25, -0.2) is 0 Å². The Hall–Kier alpha value is -1.76. The van der Waals surface area contributed by atoms with Gasteiger partial charge in [0.25, 0.3) is 5.91 Å². The fourth-order valence-corrected chi connectivity index (χ4v) is 1.15. The van der Waals surface area contributed by atoms with Gasteiger partial charge in [0.15, 0.2) is 6.10 Å². The molecule has 1 atom stereocenters. The second-order valence-electron chi connectivity index (χ2n) is 3.50. The zero-order chi connectivity index (χ0) is 13.8. The molecule has 100 valence electrons. The average molecular weight is 263 g/mol. The molecule has 0 aliphatic heterocycles. The first-order valence-electron chi connectivity index (χ1n) is 5.01. The number of ether oxygens (including phenoxy) is 1. The van der Waals surface area contributed by atoms with Gasteiger partial charge >= 0.3 is 6.18 Å². The number of nitrogens with one attached hydrogen (secondary N) is 1. The predicted molar refractivity (Wildman–Crippen MR) is 57.4 cm³/mol. The summed E-state index contributed by atoms with van der Waals surface area (Å²) in [6.07, 6.45) is -7.31. The van der Waals surface area contributed by atoms with Crippen molar-refractivity contribution >= 4 is 5.91 Å². The smallest absolute Gasteiger partial charge is 0.416 e. The first-order valence-corrected chi connectivity index (χ1v) is 5.01.